The smallest absolute Gasteiger partial charge is 0.246 e. The number of likely N-dealkylation sites (N-methyl/N-ethyl adjacent to an activating group) is 1. The highest BCUT2D eigenvalue weighted by Crippen LogP contribution is 2.53. The molecule has 98 valence electrons. The molecular formula is C14H20N2O2. The van der Waals surface area contributed by atoms with Crippen LogP contribution in [0.1, 0.15) is 29.5 Å². The topological polar surface area (TPSA) is 55.6 Å². The molecule has 0 radical (unpaired) electrons. The van der Waals surface area contributed by atoms with Gasteiger partial charge in [-0.25, -0.2) is 5.84 Å². The minimum absolute atomic E-state index is 0.0363. The quantitative estimate of drug-likeness (QED) is 0.503. The lowest BCUT2D eigenvalue weighted by atomic mass is 9.90. The number of ether oxygens (including phenoxy) is 1. The summed E-state index contributed by atoms with van der Waals surface area (Å²) in [6, 6.07) is 4.11. The molecule has 0 bridgehead atoms. The normalized spacial score (nSPS) is 16.3. The van der Waals surface area contributed by atoms with Gasteiger partial charge in [0.1, 0.15) is 5.75 Å². The predicted octanol–water partition coefficient (Wildman–Crippen LogP) is 1.68. The van der Waals surface area contributed by atoms with Gasteiger partial charge in [0.05, 0.1) is 12.5 Å². The number of carbonyl (C=O) groups excluding carboxylic acids is 1. The van der Waals surface area contributed by atoms with Crippen LogP contribution in [0.4, 0.5) is 0 Å². The summed E-state index contributed by atoms with van der Waals surface area (Å²) in [5.74, 6) is 6.39. The van der Waals surface area contributed by atoms with Crippen molar-refractivity contribution in [2.45, 2.75) is 32.1 Å². The molecule has 1 aliphatic carbocycles. The van der Waals surface area contributed by atoms with Gasteiger partial charge in [-0.3, -0.25) is 9.80 Å². The van der Waals surface area contributed by atoms with E-state index in [2.05, 4.69) is 6.07 Å². The Morgan fingerprint density at radius 3 is 2.44 bits per heavy atom. The molecule has 2 N–H and O–H groups in total. The van der Waals surface area contributed by atoms with E-state index in [0.29, 0.717) is 0 Å². The molecule has 0 heterocycles. The number of carbonyl (C=O) groups is 1. The van der Waals surface area contributed by atoms with Crippen molar-refractivity contribution in [3.05, 3.63) is 28.8 Å². The van der Waals surface area contributed by atoms with Crippen LogP contribution in [0.3, 0.4) is 0 Å². The van der Waals surface area contributed by atoms with E-state index in [0.717, 1.165) is 35.3 Å². The van der Waals surface area contributed by atoms with Gasteiger partial charge in [0, 0.05) is 12.6 Å². The first-order valence-corrected chi connectivity index (χ1v) is 6.11. The van der Waals surface area contributed by atoms with Crippen molar-refractivity contribution < 1.29 is 9.53 Å². The molecule has 1 aliphatic rings. The van der Waals surface area contributed by atoms with Gasteiger partial charge in [0.15, 0.2) is 0 Å². The minimum atomic E-state index is -0.467. The molecule has 18 heavy (non-hydrogen) atoms. The summed E-state index contributed by atoms with van der Waals surface area (Å²) in [5.41, 5.74) is 2.71. The van der Waals surface area contributed by atoms with E-state index >= 15 is 0 Å². The SMILES string of the molecule is COc1c(C)cc(C)cc1C1(C(=O)N(C)N)CC1. The first-order valence-electron chi connectivity index (χ1n) is 6.11. The zero-order chi connectivity index (χ0) is 13.5. The van der Waals surface area contributed by atoms with Crippen molar-refractivity contribution >= 4 is 5.91 Å². The molecule has 1 fully saturated rings. The largest absolute Gasteiger partial charge is 0.496 e. The number of rotatable bonds is 3. The van der Waals surface area contributed by atoms with Crippen LogP contribution in [0, 0.1) is 13.8 Å². The summed E-state index contributed by atoms with van der Waals surface area (Å²) >= 11 is 0. The van der Waals surface area contributed by atoms with Crippen LogP contribution in [0.25, 0.3) is 0 Å². The number of methoxy groups -OCH3 is 1. The van der Waals surface area contributed by atoms with Gasteiger partial charge in [-0.2, -0.15) is 0 Å². The zero-order valence-corrected chi connectivity index (χ0v) is 11.4. The number of hydrogen-bond donors (Lipinski definition) is 1. The number of benzene rings is 1. The third-order valence-electron chi connectivity index (χ3n) is 3.62. The van der Waals surface area contributed by atoms with E-state index in [4.69, 9.17) is 10.6 Å². The monoisotopic (exact) mass is 248 g/mol. The third kappa shape index (κ3) is 1.86. The number of hydrogen-bond acceptors (Lipinski definition) is 3. The summed E-state index contributed by atoms with van der Waals surface area (Å²) in [7, 11) is 3.24. The van der Waals surface area contributed by atoms with Gasteiger partial charge in [0.2, 0.25) is 5.91 Å². The molecule has 0 aliphatic heterocycles. The highest BCUT2D eigenvalue weighted by molar-refractivity contribution is 5.91. The van der Waals surface area contributed by atoms with Crippen molar-refractivity contribution in [3.8, 4) is 5.75 Å². The van der Waals surface area contributed by atoms with E-state index in [-0.39, 0.29) is 5.91 Å². The van der Waals surface area contributed by atoms with Gasteiger partial charge in [-0.1, -0.05) is 17.7 Å². The second kappa shape index (κ2) is 4.28. The molecular weight excluding hydrogens is 228 g/mol. The maximum Gasteiger partial charge on any atom is 0.246 e. The summed E-state index contributed by atoms with van der Waals surface area (Å²) < 4.78 is 5.48. The van der Waals surface area contributed by atoms with Crippen molar-refractivity contribution in [1.29, 1.82) is 0 Å². The molecule has 4 heteroatoms. The molecule has 0 atom stereocenters. The molecule has 4 nitrogen and oxygen atoms in total. The average Bonchev–Trinajstić information content (AvgIpc) is 3.08. The number of aryl methyl sites for hydroxylation is 2. The Morgan fingerprint density at radius 2 is 2.00 bits per heavy atom. The van der Waals surface area contributed by atoms with Gasteiger partial charge >= 0.3 is 0 Å². The Kier molecular flexibility index (Phi) is 3.07. The standard InChI is InChI=1S/C14H20N2O2/c1-9-7-10(2)12(18-4)11(8-9)14(5-6-14)13(17)16(3)15/h7-8H,5-6,15H2,1-4H3. The van der Waals surface area contributed by atoms with Crippen LogP contribution in [-0.4, -0.2) is 25.1 Å². The second-order valence-corrected chi connectivity index (χ2v) is 5.16. The van der Waals surface area contributed by atoms with Crippen molar-refractivity contribution in [1.82, 2.24) is 5.01 Å². The Hall–Kier alpha value is -1.55. The van der Waals surface area contributed by atoms with Gasteiger partial charge in [-0.15, -0.1) is 0 Å². The van der Waals surface area contributed by atoms with Crippen LogP contribution >= 0.6 is 0 Å². The first kappa shape index (κ1) is 12.9. The van der Waals surface area contributed by atoms with Crippen LogP contribution < -0.4 is 10.6 Å². The molecule has 0 spiro atoms. The fourth-order valence-corrected chi connectivity index (χ4v) is 2.64. The average molecular weight is 248 g/mol. The lowest BCUT2D eigenvalue weighted by molar-refractivity contribution is -0.132. The molecule has 1 amide bonds. The highest BCUT2D eigenvalue weighted by atomic mass is 16.5. The van der Waals surface area contributed by atoms with E-state index in [1.54, 1.807) is 14.2 Å². The summed E-state index contributed by atoms with van der Waals surface area (Å²) in [5, 5.41) is 1.18. The van der Waals surface area contributed by atoms with E-state index in [1.807, 2.05) is 19.9 Å². The Labute approximate surface area is 108 Å². The minimum Gasteiger partial charge on any atom is -0.496 e. The predicted molar refractivity (Wildman–Crippen MR) is 70.3 cm³/mol. The first-order chi connectivity index (χ1) is 8.42. The fraction of sp³-hybridized carbons (Fsp3) is 0.500. The highest BCUT2D eigenvalue weighted by Gasteiger charge is 2.54. The molecule has 2 rings (SSSR count). The second-order valence-electron chi connectivity index (χ2n) is 5.16. The number of nitrogens with zero attached hydrogens (tertiary/aromatic N) is 1. The van der Waals surface area contributed by atoms with Gasteiger partial charge < -0.3 is 4.74 Å². The van der Waals surface area contributed by atoms with Crippen LogP contribution in [0.5, 0.6) is 5.75 Å². The molecule has 0 saturated heterocycles. The van der Waals surface area contributed by atoms with Crippen molar-refractivity contribution in [2.75, 3.05) is 14.2 Å². The molecule has 0 unspecified atom stereocenters. The van der Waals surface area contributed by atoms with Gasteiger partial charge in [-0.05, 0) is 32.3 Å². The van der Waals surface area contributed by atoms with Crippen LogP contribution in [0.2, 0.25) is 0 Å². The number of amides is 1. The Balaban J connectivity index is 2.54. The van der Waals surface area contributed by atoms with Crippen molar-refractivity contribution in [2.24, 2.45) is 5.84 Å². The fourth-order valence-electron chi connectivity index (χ4n) is 2.64. The molecule has 1 saturated carbocycles. The summed E-state index contributed by atoms with van der Waals surface area (Å²) in [6.45, 7) is 4.03. The van der Waals surface area contributed by atoms with E-state index in [1.165, 1.54) is 5.01 Å². The lowest BCUT2D eigenvalue weighted by Gasteiger charge is -2.23. The maximum atomic E-state index is 12.3. The van der Waals surface area contributed by atoms with Gasteiger partial charge in [0.25, 0.3) is 0 Å². The number of hydrazine groups is 1. The molecule has 1 aromatic rings. The Morgan fingerprint density at radius 1 is 1.39 bits per heavy atom. The molecule has 1 aromatic carbocycles. The van der Waals surface area contributed by atoms with E-state index in [9.17, 15) is 4.79 Å². The van der Waals surface area contributed by atoms with E-state index < -0.39 is 5.41 Å². The maximum absolute atomic E-state index is 12.3. The van der Waals surface area contributed by atoms with Crippen LogP contribution in [0.15, 0.2) is 12.1 Å². The third-order valence-corrected chi connectivity index (χ3v) is 3.62. The Bertz CT molecular complexity index is 491. The summed E-state index contributed by atoms with van der Waals surface area (Å²) in [6.07, 6.45) is 1.68. The molecule has 0 aromatic heterocycles. The zero-order valence-electron chi connectivity index (χ0n) is 11.4. The van der Waals surface area contributed by atoms with Crippen molar-refractivity contribution in [3.63, 3.8) is 0 Å². The summed E-state index contributed by atoms with van der Waals surface area (Å²) in [4.78, 5) is 12.3. The number of nitrogens with two attached hydrogens (primary N) is 1. The van der Waals surface area contributed by atoms with Crippen LogP contribution in [-0.2, 0) is 10.2 Å². The lowest BCUT2D eigenvalue weighted by Crippen LogP contribution is -2.41.